The summed E-state index contributed by atoms with van der Waals surface area (Å²) in [6, 6.07) is 11.9. The van der Waals surface area contributed by atoms with Gasteiger partial charge in [0.15, 0.2) is 0 Å². The third-order valence-corrected chi connectivity index (χ3v) is 4.93. The van der Waals surface area contributed by atoms with E-state index in [0.29, 0.717) is 4.90 Å². The van der Waals surface area contributed by atoms with Crippen molar-refractivity contribution in [3.8, 4) is 11.1 Å². The van der Waals surface area contributed by atoms with Crippen LogP contribution in [0.2, 0.25) is 0 Å². The first-order chi connectivity index (χ1) is 14.6. The van der Waals surface area contributed by atoms with Crippen molar-refractivity contribution in [3.63, 3.8) is 0 Å². The summed E-state index contributed by atoms with van der Waals surface area (Å²) >= 11 is 0. The molecule has 164 valence electrons. The van der Waals surface area contributed by atoms with Crippen LogP contribution >= 0.6 is 0 Å². The van der Waals surface area contributed by atoms with Crippen LogP contribution in [0.1, 0.15) is 17.0 Å². The fraction of sp³-hybridized carbons (Fsp3) is 0.286. The number of nitrogens with zero attached hydrogens (tertiary/aromatic N) is 1. The largest absolute Gasteiger partial charge is 0.480 e. The predicted octanol–water partition coefficient (Wildman–Crippen LogP) is 3.00. The van der Waals surface area contributed by atoms with Gasteiger partial charge in [-0.2, -0.15) is 13.2 Å². The number of amides is 2. The lowest BCUT2D eigenvalue weighted by atomic mass is 9.98. The Bertz CT molecular complexity index is 963. The number of rotatable bonds is 6. The molecule has 2 amide bonds. The van der Waals surface area contributed by atoms with E-state index < -0.39 is 36.7 Å². The number of ether oxygens (including phenoxy) is 1. The fourth-order valence-electron chi connectivity index (χ4n) is 3.54. The van der Waals surface area contributed by atoms with Gasteiger partial charge in [-0.05, 0) is 22.3 Å². The first-order valence-corrected chi connectivity index (χ1v) is 9.24. The molecule has 2 aromatic rings. The Kier molecular flexibility index (Phi) is 6.19. The molecule has 0 radical (unpaired) electrons. The van der Waals surface area contributed by atoms with E-state index in [1.54, 1.807) is 0 Å². The Morgan fingerprint density at radius 1 is 1.06 bits per heavy atom. The first-order valence-electron chi connectivity index (χ1n) is 9.24. The van der Waals surface area contributed by atoms with E-state index in [1.165, 1.54) is 5.32 Å². The van der Waals surface area contributed by atoms with Crippen LogP contribution in [-0.2, 0) is 14.3 Å². The number of aliphatic carboxylic acids is 1. The SMILES string of the molecule is CN(CC(=O)O)C(=O)C(NC(=O)OCC1c2ccccc2-c2ccccc21)C(F)(F)F. The number of hydrogen-bond acceptors (Lipinski definition) is 4. The summed E-state index contributed by atoms with van der Waals surface area (Å²) in [4.78, 5) is 35.2. The molecule has 2 aromatic carbocycles. The molecule has 1 atom stereocenters. The summed E-state index contributed by atoms with van der Waals surface area (Å²) in [5.74, 6) is -3.46. The summed E-state index contributed by atoms with van der Waals surface area (Å²) in [5, 5.41) is 10.2. The Labute approximate surface area is 175 Å². The van der Waals surface area contributed by atoms with Crippen molar-refractivity contribution in [1.29, 1.82) is 0 Å². The van der Waals surface area contributed by atoms with Gasteiger partial charge in [0.2, 0.25) is 6.04 Å². The van der Waals surface area contributed by atoms with Crippen molar-refractivity contribution >= 4 is 18.0 Å². The molecule has 0 saturated heterocycles. The topological polar surface area (TPSA) is 95.9 Å². The van der Waals surface area contributed by atoms with E-state index in [2.05, 4.69) is 0 Å². The van der Waals surface area contributed by atoms with E-state index in [1.807, 2.05) is 48.5 Å². The summed E-state index contributed by atoms with van der Waals surface area (Å²) in [6.07, 6.45) is -6.56. The molecule has 0 fully saturated rings. The van der Waals surface area contributed by atoms with Gasteiger partial charge in [-0.25, -0.2) is 4.79 Å². The molecule has 10 heteroatoms. The number of fused-ring (bicyclic) bond motifs is 3. The van der Waals surface area contributed by atoms with Crippen LogP contribution in [0.3, 0.4) is 0 Å². The van der Waals surface area contributed by atoms with Crippen LogP contribution < -0.4 is 5.32 Å². The zero-order chi connectivity index (χ0) is 22.8. The molecular formula is C21H19F3N2O5. The van der Waals surface area contributed by atoms with Gasteiger partial charge in [-0.15, -0.1) is 0 Å². The highest BCUT2D eigenvalue weighted by atomic mass is 19.4. The predicted molar refractivity (Wildman–Crippen MR) is 103 cm³/mol. The zero-order valence-electron chi connectivity index (χ0n) is 16.3. The smallest absolute Gasteiger partial charge is 0.417 e. The molecule has 0 bridgehead atoms. The molecule has 2 N–H and O–H groups in total. The minimum absolute atomic E-state index is 0.233. The maximum atomic E-state index is 13.3. The number of carboxylic acids is 1. The van der Waals surface area contributed by atoms with Crippen molar-refractivity contribution in [2.75, 3.05) is 20.2 Å². The standard InChI is InChI=1S/C21H19F3N2O5/c1-26(10-17(27)28)19(29)18(21(22,23)24)25-20(30)31-11-16-14-8-4-2-6-12(14)13-7-3-5-9-15(13)16/h2-9,16,18H,10-11H2,1H3,(H,25,30)(H,27,28). The number of carboxylic acid groups (broad SMARTS) is 1. The molecule has 0 spiro atoms. The first kappa shape index (κ1) is 22.1. The van der Waals surface area contributed by atoms with Crippen molar-refractivity contribution in [2.24, 2.45) is 0 Å². The molecule has 3 rings (SSSR count). The summed E-state index contributed by atoms with van der Waals surface area (Å²) in [6.45, 7) is -1.18. The van der Waals surface area contributed by atoms with Crippen LogP contribution in [-0.4, -0.2) is 60.4 Å². The molecule has 7 nitrogen and oxygen atoms in total. The van der Waals surface area contributed by atoms with E-state index in [0.717, 1.165) is 29.3 Å². The lowest BCUT2D eigenvalue weighted by molar-refractivity contribution is -0.175. The molecule has 1 unspecified atom stereocenters. The van der Waals surface area contributed by atoms with Gasteiger partial charge in [-0.1, -0.05) is 48.5 Å². The van der Waals surface area contributed by atoms with Gasteiger partial charge in [0.1, 0.15) is 13.2 Å². The van der Waals surface area contributed by atoms with Crippen LogP contribution in [0.4, 0.5) is 18.0 Å². The normalized spacial score (nSPS) is 13.7. The maximum Gasteiger partial charge on any atom is 0.417 e. The van der Waals surface area contributed by atoms with Crippen LogP contribution in [0.25, 0.3) is 11.1 Å². The highest BCUT2D eigenvalue weighted by molar-refractivity contribution is 5.88. The maximum absolute atomic E-state index is 13.3. The quantitative estimate of drug-likeness (QED) is 0.726. The third kappa shape index (κ3) is 4.79. The number of alkyl carbamates (subject to hydrolysis) is 1. The fourth-order valence-corrected chi connectivity index (χ4v) is 3.54. The van der Waals surface area contributed by atoms with Crippen molar-refractivity contribution in [2.45, 2.75) is 18.1 Å². The van der Waals surface area contributed by atoms with Crippen LogP contribution in [0.15, 0.2) is 48.5 Å². The molecule has 0 aliphatic heterocycles. The van der Waals surface area contributed by atoms with Gasteiger partial charge in [-0.3, -0.25) is 9.59 Å². The third-order valence-electron chi connectivity index (χ3n) is 4.93. The second kappa shape index (κ2) is 8.66. The molecule has 1 aliphatic rings. The average Bonchev–Trinajstić information content (AvgIpc) is 3.02. The van der Waals surface area contributed by atoms with E-state index in [9.17, 15) is 27.6 Å². The summed E-state index contributed by atoms with van der Waals surface area (Å²) in [7, 11) is 0.897. The Morgan fingerprint density at radius 3 is 2.06 bits per heavy atom. The Morgan fingerprint density at radius 2 is 1.58 bits per heavy atom. The van der Waals surface area contributed by atoms with Gasteiger partial charge in [0.25, 0.3) is 5.91 Å². The number of carbonyl (C=O) groups is 3. The molecule has 31 heavy (non-hydrogen) atoms. The van der Waals surface area contributed by atoms with Gasteiger partial charge >= 0.3 is 18.2 Å². The zero-order valence-corrected chi connectivity index (χ0v) is 16.3. The Balaban J connectivity index is 1.71. The Hall–Kier alpha value is -3.56. The molecule has 0 heterocycles. The molecule has 0 saturated carbocycles. The lowest BCUT2D eigenvalue weighted by Gasteiger charge is -2.25. The number of hydrogen-bond donors (Lipinski definition) is 2. The van der Waals surface area contributed by atoms with Gasteiger partial charge in [0, 0.05) is 13.0 Å². The minimum atomic E-state index is -5.13. The summed E-state index contributed by atoms with van der Waals surface area (Å²) < 4.78 is 44.9. The van der Waals surface area contributed by atoms with Crippen LogP contribution in [0.5, 0.6) is 0 Å². The number of carbonyl (C=O) groups excluding carboxylic acids is 2. The molecule has 0 aromatic heterocycles. The van der Waals surface area contributed by atoms with Crippen molar-refractivity contribution < 1.29 is 37.4 Å². The second-order valence-corrected chi connectivity index (χ2v) is 7.03. The van der Waals surface area contributed by atoms with E-state index in [-0.39, 0.29) is 12.5 Å². The number of alkyl halides is 3. The average molecular weight is 436 g/mol. The highest BCUT2D eigenvalue weighted by Gasteiger charge is 2.48. The number of likely N-dealkylation sites (N-methyl/N-ethyl adjacent to an activating group) is 1. The van der Waals surface area contributed by atoms with Crippen LogP contribution in [0, 0.1) is 0 Å². The number of nitrogens with one attached hydrogen (secondary N) is 1. The summed E-state index contributed by atoms with van der Waals surface area (Å²) in [5.41, 5.74) is 3.65. The van der Waals surface area contributed by atoms with E-state index in [4.69, 9.17) is 9.84 Å². The number of halogens is 3. The van der Waals surface area contributed by atoms with E-state index >= 15 is 0 Å². The lowest BCUT2D eigenvalue weighted by Crippen LogP contribution is -2.56. The van der Waals surface area contributed by atoms with Crippen molar-refractivity contribution in [3.05, 3.63) is 59.7 Å². The highest BCUT2D eigenvalue weighted by Crippen LogP contribution is 2.44. The van der Waals surface area contributed by atoms with Gasteiger partial charge < -0.3 is 20.1 Å². The van der Waals surface area contributed by atoms with Gasteiger partial charge in [0.05, 0.1) is 0 Å². The minimum Gasteiger partial charge on any atom is -0.480 e. The monoisotopic (exact) mass is 436 g/mol. The second-order valence-electron chi connectivity index (χ2n) is 7.03. The van der Waals surface area contributed by atoms with Crippen molar-refractivity contribution in [1.82, 2.24) is 10.2 Å². The molecular weight excluding hydrogens is 417 g/mol. The molecule has 1 aliphatic carbocycles. The number of benzene rings is 2.